The highest BCUT2D eigenvalue weighted by atomic mass is 19.3. The van der Waals surface area contributed by atoms with Gasteiger partial charge in [0.2, 0.25) is 0 Å². The van der Waals surface area contributed by atoms with Crippen LogP contribution in [-0.4, -0.2) is 30.1 Å². The molecule has 7 heteroatoms. The molecule has 3 unspecified atom stereocenters. The summed E-state index contributed by atoms with van der Waals surface area (Å²) < 4.78 is 32.1. The summed E-state index contributed by atoms with van der Waals surface area (Å²) in [6, 6.07) is 0. The predicted molar refractivity (Wildman–Crippen MR) is 90.1 cm³/mol. The van der Waals surface area contributed by atoms with E-state index in [1.165, 1.54) is 6.92 Å². The van der Waals surface area contributed by atoms with Crippen molar-refractivity contribution in [1.29, 1.82) is 0 Å². The quantitative estimate of drug-likeness (QED) is 0.690. The van der Waals surface area contributed by atoms with E-state index in [1.807, 2.05) is 6.92 Å². The molecule has 1 fully saturated rings. The van der Waals surface area contributed by atoms with Gasteiger partial charge >= 0.3 is 5.97 Å². The van der Waals surface area contributed by atoms with Crippen LogP contribution in [0.2, 0.25) is 0 Å². The second-order valence-corrected chi connectivity index (χ2v) is 7.48. The zero-order chi connectivity index (χ0) is 19.3. The normalized spacial score (nSPS) is 36.0. The summed E-state index contributed by atoms with van der Waals surface area (Å²) in [5.74, 6) is -1.66. The van der Waals surface area contributed by atoms with Gasteiger partial charge in [-0.05, 0) is 58.7 Å². The van der Waals surface area contributed by atoms with Crippen molar-refractivity contribution in [2.24, 2.45) is 17.8 Å². The van der Waals surface area contributed by atoms with Crippen LogP contribution in [0.5, 0.6) is 0 Å². The minimum Gasteiger partial charge on any atom is -0.458 e. The van der Waals surface area contributed by atoms with E-state index in [1.54, 1.807) is 13.0 Å². The molecular weight excluding hydrogens is 346 g/mol. The number of fused-ring (bicyclic) bond motifs is 1. The third kappa shape index (κ3) is 4.88. The van der Waals surface area contributed by atoms with Crippen molar-refractivity contribution in [1.82, 2.24) is 0 Å². The summed E-state index contributed by atoms with van der Waals surface area (Å²) in [6.45, 7) is 4.83. The lowest BCUT2D eigenvalue weighted by Crippen LogP contribution is -2.46. The minimum absolute atomic E-state index is 0.0996. The fourth-order valence-electron chi connectivity index (χ4n) is 4.50. The molecule has 6 atom stereocenters. The van der Waals surface area contributed by atoms with Gasteiger partial charge in [0, 0.05) is 19.3 Å². The van der Waals surface area contributed by atoms with Gasteiger partial charge in [0.25, 0.3) is 0 Å². The summed E-state index contributed by atoms with van der Waals surface area (Å²) in [6.07, 6.45) is 2.27. The van der Waals surface area contributed by atoms with Gasteiger partial charge in [-0.15, -0.1) is 0 Å². The lowest BCUT2D eigenvalue weighted by molar-refractivity contribution is -0.274. The van der Waals surface area contributed by atoms with Gasteiger partial charge in [0.15, 0.2) is 5.78 Å². The first-order valence-corrected chi connectivity index (χ1v) is 9.34. The molecule has 0 aromatic rings. The Hall–Kier alpha value is -1.34. The number of esters is 1. The van der Waals surface area contributed by atoms with Crippen LogP contribution in [0.3, 0.4) is 0 Å². The molecule has 148 valence electrons. The van der Waals surface area contributed by atoms with Crippen LogP contribution in [0.25, 0.3) is 0 Å². The second-order valence-electron chi connectivity index (χ2n) is 7.48. The molecule has 0 spiro atoms. The first kappa shape index (κ1) is 21.0. The smallest absolute Gasteiger partial charge is 0.303 e. The standard InChI is InChI=1S/C19H28F2O5/c1-4-13-10-16(23)11(2)8-15(24-12(3)22)9-14-6-5-7-17(25-20)18(14)19(13)26-21/h8,13-15,17-19H,4-7,9-10H2,1-3H3/t13-,14?,15+,17?,18?,19-/m0/s1. The number of carbonyl (C=O) groups is 2. The number of Topliss-reactive ketones (excluding diaryl/α,β-unsaturated/α-hetero) is 1. The Morgan fingerprint density at radius 2 is 2.00 bits per heavy atom. The number of ether oxygens (including phenoxy) is 1. The molecular formula is C19H28F2O5. The van der Waals surface area contributed by atoms with Crippen LogP contribution in [0.15, 0.2) is 11.6 Å². The molecule has 0 amide bonds. The summed E-state index contributed by atoms with van der Waals surface area (Å²) in [5.41, 5.74) is 0.486. The molecule has 26 heavy (non-hydrogen) atoms. The van der Waals surface area contributed by atoms with Crippen LogP contribution in [0.4, 0.5) is 9.05 Å². The maximum absolute atomic E-state index is 13.6. The van der Waals surface area contributed by atoms with Crippen molar-refractivity contribution in [3.63, 3.8) is 0 Å². The van der Waals surface area contributed by atoms with E-state index in [0.717, 1.165) is 12.8 Å². The number of hydrogen-bond donors (Lipinski definition) is 0. The molecule has 1 saturated carbocycles. The first-order valence-electron chi connectivity index (χ1n) is 9.34. The third-order valence-electron chi connectivity index (χ3n) is 5.80. The van der Waals surface area contributed by atoms with E-state index in [-0.39, 0.29) is 24.0 Å². The summed E-state index contributed by atoms with van der Waals surface area (Å²) in [5, 5.41) is 0. The molecule has 0 aromatic carbocycles. The maximum Gasteiger partial charge on any atom is 0.303 e. The molecule has 0 radical (unpaired) electrons. The molecule has 0 aliphatic heterocycles. The largest absolute Gasteiger partial charge is 0.458 e. The Kier molecular flexibility index (Phi) is 7.70. The molecule has 2 aliphatic carbocycles. The Morgan fingerprint density at radius 3 is 2.58 bits per heavy atom. The predicted octanol–water partition coefficient (Wildman–Crippen LogP) is 4.21. The van der Waals surface area contributed by atoms with Crippen molar-refractivity contribution in [3.8, 4) is 0 Å². The van der Waals surface area contributed by atoms with Crippen molar-refractivity contribution >= 4 is 11.8 Å². The lowest BCUT2D eigenvalue weighted by atomic mass is 9.68. The number of rotatable bonds is 4. The van der Waals surface area contributed by atoms with Crippen LogP contribution in [-0.2, 0) is 24.2 Å². The number of halogens is 2. The number of allylic oxidation sites excluding steroid dienone is 1. The van der Waals surface area contributed by atoms with E-state index in [2.05, 4.69) is 9.88 Å². The Balaban J connectivity index is 2.44. The molecule has 0 saturated heterocycles. The maximum atomic E-state index is 13.6. The number of ketones is 1. The van der Waals surface area contributed by atoms with Crippen LogP contribution in [0.1, 0.15) is 59.3 Å². The Bertz CT molecular complexity index is 536. The number of hydrogen-bond acceptors (Lipinski definition) is 5. The topological polar surface area (TPSA) is 61.8 Å². The summed E-state index contributed by atoms with van der Waals surface area (Å²) in [4.78, 5) is 32.4. The number of carbonyl (C=O) groups excluding carboxylic acids is 2. The molecule has 0 aromatic heterocycles. The third-order valence-corrected chi connectivity index (χ3v) is 5.80. The van der Waals surface area contributed by atoms with Crippen molar-refractivity contribution < 1.29 is 33.3 Å². The molecule has 5 nitrogen and oxygen atoms in total. The molecule has 0 bridgehead atoms. The van der Waals surface area contributed by atoms with E-state index < -0.39 is 30.2 Å². The van der Waals surface area contributed by atoms with E-state index in [9.17, 15) is 18.6 Å². The van der Waals surface area contributed by atoms with E-state index in [4.69, 9.17) is 4.74 Å². The van der Waals surface area contributed by atoms with Crippen molar-refractivity contribution in [2.75, 3.05) is 0 Å². The van der Waals surface area contributed by atoms with Gasteiger partial charge in [0.05, 0.1) is 0 Å². The van der Waals surface area contributed by atoms with E-state index >= 15 is 0 Å². The van der Waals surface area contributed by atoms with Gasteiger partial charge in [-0.25, -0.2) is 0 Å². The van der Waals surface area contributed by atoms with Gasteiger partial charge in [-0.1, -0.05) is 19.8 Å². The summed E-state index contributed by atoms with van der Waals surface area (Å²) in [7, 11) is 0. The second kappa shape index (κ2) is 9.55. The lowest BCUT2D eigenvalue weighted by Gasteiger charge is -2.42. The fraction of sp³-hybridized carbons (Fsp3) is 0.789. The van der Waals surface area contributed by atoms with Gasteiger partial charge < -0.3 is 4.74 Å². The Labute approximate surface area is 152 Å². The summed E-state index contributed by atoms with van der Waals surface area (Å²) >= 11 is 0. The zero-order valence-electron chi connectivity index (χ0n) is 15.6. The minimum atomic E-state index is -0.932. The van der Waals surface area contributed by atoms with Crippen LogP contribution >= 0.6 is 0 Å². The van der Waals surface area contributed by atoms with Gasteiger partial charge in [-0.2, -0.15) is 9.88 Å². The molecule has 0 heterocycles. The van der Waals surface area contributed by atoms with Crippen molar-refractivity contribution in [3.05, 3.63) is 11.6 Å². The molecule has 2 rings (SSSR count). The molecule has 2 aliphatic rings. The zero-order valence-corrected chi connectivity index (χ0v) is 15.6. The highest BCUT2D eigenvalue weighted by molar-refractivity contribution is 5.95. The first-order chi connectivity index (χ1) is 12.4. The van der Waals surface area contributed by atoms with E-state index in [0.29, 0.717) is 24.8 Å². The highest BCUT2D eigenvalue weighted by Crippen LogP contribution is 2.43. The van der Waals surface area contributed by atoms with Crippen LogP contribution < -0.4 is 0 Å². The average Bonchev–Trinajstić information content (AvgIpc) is 2.60. The molecule has 0 N–H and O–H groups in total. The van der Waals surface area contributed by atoms with Crippen LogP contribution in [0, 0.1) is 17.8 Å². The van der Waals surface area contributed by atoms with Gasteiger partial charge in [0.1, 0.15) is 18.3 Å². The average molecular weight is 374 g/mol. The van der Waals surface area contributed by atoms with Crippen molar-refractivity contribution in [2.45, 2.75) is 77.6 Å². The highest BCUT2D eigenvalue weighted by Gasteiger charge is 2.45. The Morgan fingerprint density at radius 1 is 1.27 bits per heavy atom. The SMILES string of the molecule is CC[C@H]1CC(=O)C(C)=C[C@@H](OC(C)=O)CC2CCCC(OF)C2[C@H]1OF. The fourth-order valence-corrected chi connectivity index (χ4v) is 4.50. The monoisotopic (exact) mass is 374 g/mol. The van der Waals surface area contributed by atoms with Gasteiger partial charge in [-0.3, -0.25) is 9.59 Å².